The van der Waals surface area contributed by atoms with Crippen LogP contribution in [0.4, 0.5) is 0 Å². The molecule has 0 aromatic heterocycles. The highest BCUT2D eigenvalue weighted by Gasteiger charge is 2.30. The largest absolute Gasteiger partial charge is 0.507 e. The Kier molecular flexibility index (Phi) is 4.49. The van der Waals surface area contributed by atoms with Gasteiger partial charge in [-0.05, 0) is 18.1 Å². The number of esters is 1. The van der Waals surface area contributed by atoms with E-state index in [9.17, 15) is 15.0 Å². The number of aliphatic hydroxyl groups is 1. The second-order valence-corrected chi connectivity index (χ2v) is 5.09. The van der Waals surface area contributed by atoms with Crippen LogP contribution in [0.2, 0.25) is 0 Å². The Hall–Kier alpha value is -1.75. The molecule has 0 aliphatic carbocycles. The van der Waals surface area contributed by atoms with E-state index >= 15 is 0 Å². The number of aromatic hydroxyl groups is 1. The van der Waals surface area contributed by atoms with Gasteiger partial charge in [-0.2, -0.15) is 0 Å². The van der Waals surface area contributed by atoms with E-state index in [1.54, 1.807) is 6.07 Å². The van der Waals surface area contributed by atoms with E-state index in [1.165, 1.54) is 13.2 Å². The molecule has 5 heteroatoms. The number of hydrogen-bond donors (Lipinski definition) is 2. The number of fused-ring (bicyclic) bond motifs is 1. The predicted molar refractivity (Wildman–Crippen MR) is 73.1 cm³/mol. The number of phenols is 1. The Morgan fingerprint density at radius 2 is 2.25 bits per heavy atom. The van der Waals surface area contributed by atoms with Crippen molar-refractivity contribution in [1.82, 2.24) is 0 Å². The van der Waals surface area contributed by atoms with Gasteiger partial charge in [-0.3, -0.25) is 0 Å². The smallest absolute Gasteiger partial charge is 0.342 e. The van der Waals surface area contributed by atoms with Crippen molar-refractivity contribution >= 4 is 5.97 Å². The topological polar surface area (TPSA) is 76.0 Å². The number of aliphatic hydroxyl groups excluding tert-OH is 1. The number of hydrogen-bond acceptors (Lipinski definition) is 5. The molecule has 2 rings (SSSR count). The maximum atomic E-state index is 12.0. The molecule has 110 valence electrons. The lowest BCUT2D eigenvalue weighted by molar-refractivity contribution is 0.00880. The number of ether oxygens (including phenoxy) is 2. The van der Waals surface area contributed by atoms with Gasteiger partial charge >= 0.3 is 5.97 Å². The maximum Gasteiger partial charge on any atom is 0.342 e. The lowest BCUT2D eigenvalue weighted by atomic mass is 9.94. The van der Waals surface area contributed by atoms with Gasteiger partial charge in [0.15, 0.2) is 0 Å². The molecule has 1 aromatic carbocycles. The summed E-state index contributed by atoms with van der Waals surface area (Å²) in [7, 11) is 1.50. The molecule has 2 N–H and O–H groups in total. The van der Waals surface area contributed by atoms with Crippen molar-refractivity contribution in [2.24, 2.45) is 0 Å². The average molecular weight is 280 g/mol. The van der Waals surface area contributed by atoms with Crippen molar-refractivity contribution in [1.29, 1.82) is 0 Å². The molecule has 0 radical (unpaired) electrons. The van der Waals surface area contributed by atoms with E-state index in [1.807, 2.05) is 6.92 Å². The lowest BCUT2D eigenvalue weighted by Gasteiger charge is -2.27. The van der Waals surface area contributed by atoms with E-state index in [-0.39, 0.29) is 17.4 Å². The fourth-order valence-electron chi connectivity index (χ4n) is 2.55. The molecule has 20 heavy (non-hydrogen) atoms. The van der Waals surface area contributed by atoms with Crippen molar-refractivity contribution in [2.45, 2.75) is 44.8 Å². The normalized spacial score (nSPS) is 19.1. The number of rotatable bonds is 5. The molecule has 0 fully saturated rings. The molecular weight excluding hydrogens is 260 g/mol. The number of benzene rings is 1. The molecule has 1 aliphatic rings. The fraction of sp³-hybridized carbons (Fsp3) is 0.533. The summed E-state index contributed by atoms with van der Waals surface area (Å²) in [5, 5.41) is 19.7. The summed E-state index contributed by atoms with van der Waals surface area (Å²) < 4.78 is 10.4. The first-order chi connectivity index (χ1) is 9.55. The minimum Gasteiger partial charge on any atom is -0.507 e. The molecule has 0 bridgehead atoms. The van der Waals surface area contributed by atoms with Gasteiger partial charge in [0.1, 0.15) is 23.2 Å². The summed E-state index contributed by atoms with van der Waals surface area (Å²) in [6, 6.07) is 3.13. The molecule has 0 saturated carbocycles. The molecule has 1 aromatic rings. The molecule has 1 heterocycles. The van der Waals surface area contributed by atoms with Crippen LogP contribution in [0.15, 0.2) is 12.1 Å². The zero-order chi connectivity index (χ0) is 14.7. The van der Waals surface area contributed by atoms with Crippen molar-refractivity contribution in [3.63, 3.8) is 0 Å². The summed E-state index contributed by atoms with van der Waals surface area (Å²) in [6.45, 7) is 1.99. The second-order valence-electron chi connectivity index (χ2n) is 5.09. The standard InChI is InChI=1S/C15H20O5/c1-3-4-10(16)7-12-6-9-5-11(19-2)8-13(17)14(9)15(18)20-12/h5,8,10,12,16-17H,3-4,6-7H2,1-2H3/t10-,12-/m0/s1. The highest BCUT2D eigenvalue weighted by Crippen LogP contribution is 2.33. The molecule has 5 nitrogen and oxygen atoms in total. The average Bonchev–Trinajstić information content (AvgIpc) is 2.37. The van der Waals surface area contributed by atoms with E-state index in [0.717, 1.165) is 6.42 Å². The van der Waals surface area contributed by atoms with E-state index in [2.05, 4.69) is 0 Å². The minimum absolute atomic E-state index is 0.128. The van der Waals surface area contributed by atoms with Gasteiger partial charge in [-0.15, -0.1) is 0 Å². The summed E-state index contributed by atoms with van der Waals surface area (Å²) in [6.07, 6.45) is 1.63. The summed E-state index contributed by atoms with van der Waals surface area (Å²) >= 11 is 0. The molecule has 0 saturated heterocycles. The number of phenolic OH excluding ortho intramolecular Hbond substituents is 1. The Labute approximate surface area is 118 Å². The Morgan fingerprint density at radius 3 is 2.90 bits per heavy atom. The van der Waals surface area contributed by atoms with Crippen molar-refractivity contribution in [3.8, 4) is 11.5 Å². The fourth-order valence-corrected chi connectivity index (χ4v) is 2.55. The van der Waals surface area contributed by atoms with Crippen LogP contribution in [0, 0.1) is 0 Å². The first kappa shape index (κ1) is 14.7. The Balaban J connectivity index is 2.20. The second kappa shape index (κ2) is 6.13. The number of methoxy groups -OCH3 is 1. The highest BCUT2D eigenvalue weighted by molar-refractivity contribution is 5.95. The van der Waals surface area contributed by atoms with Gasteiger partial charge < -0.3 is 19.7 Å². The zero-order valence-corrected chi connectivity index (χ0v) is 11.8. The molecule has 0 amide bonds. The van der Waals surface area contributed by atoms with Gasteiger partial charge in [0.05, 0.1) is 13.2 Å². The monoisotopic (exact) mass is 280 g/mol. The van der Waals surface area contributed by atoms with Gasteiger partial charge in [-0.1, -0.05) is 13.3 Å². The van der Waals surface area contributed by atoms with Crippen LogP contribution in [-0.2, 0) is 11.2 Å². The van der Waals surface area contributed by atoms with E-state index < -0.39 is 12.1 Å². The highest BCUT2D eigenvalue weighted by atomic mass is 16.5. The third-order valence-corrected chi connectivity index (χ3v) is 3.49. The number of carbonyl (C=O) groups is 1. The Bertz CT molecular complexity index is 497. The first-order valence-corrected chi connectivity index (χ1v) is 6.84. The lowest BCUT2D eigenvalue weighted by Crippen LogP contribution is -2.31. The summed E-state index contributed by atoms with van der Waals surface area (Å²) in [5.74, 6) is -0.166. The molecule has 0 unspecified atom stereocenters. The van der Waals surface area contributed by atoms with Gasteiger partial charge in [0, 0.05) is 18.9 Å². The van der Waals surface area contributed by atoms with E-state index in [4.69, 9.17) is 9.47 Å². The van der Waals surface area contributed by atoms with Crippen LogP contribution in [0.5, 0.6) is 11.5 Å². The van der Waals surface area contributed by atoms with Crippen LogP contribution < -0.4 is 4.74 Å². The van der Waals surface area contributed by atoms with Gasteiger partial charge in [-0.25, -0.2) is 4.79 Å². The SMILES string of the molecule is CCC[C@H](O)C[C@@H]1Cc2cc(OC)cc(O)c2C(=O)O1. The van der Waals surface area contributed by atoms with Crippen LogP contribution in [0.3, 0.4) is 0 Å². The number of carbonyl (C=O) groups excluding carboxylic acids is 1. The van der Waals surface area contributed by atoms with Crippen LogP contribution in [-0.4, -0.2) is 35.5 Å². The molecule has 1 aliphatic heterocycles. The third kappa shape index (κ3) is 3.04. The zero-order valence-electron chi connectivity index (χ0n) is 11.8. The van der Waals surface area contributed by atoms with Crippen LogP contribution in [0.25, 0.3) is 0 Å². The number of cyclic esters (lactones) is 1. The maximum absolute atomic E-state index is 12.0. The van der Waals surface area contributed by atoms with Crippen LogP contribution in [0.1, 0.15) is 42.1 Å². The molecule has 0 spiro atoms. The van der Waals surface area contributed by atoms with Crippen molar-refractivity contribution < 1.29 is 24.5 Å². The predicted octanol–water partition coefficient (Wildman–Crippen LogP) is 2.03. The quantitative estimate of drug-likeness (QED) is 0.807. The van der Waals surface area contributed by atoms with Gasteiger partial charge in [0.2, 0.25) is 0 Å². The van der Waals surface area contributed by atoms with Gasteiger partial charge in [0.25, 0.3) is 0 Å². The summed E-state index contributed by atoms with van der Waals surface area (Å²) in [5.41, 5.74) is 0.902. The van der Waals surface area contributed by atoms with Crippen LogP contribution >= 0.6 is 0 Å². The molecule has 2 atom stereocenters. The van der Waals surface area contributed by atoms with Crippen molar-refractivity contribution in [2.75, 3.05) is 7.11 Å². The van der Waals surface area contributed by atoms with E-state index in [0.29, 0.717) is 30.6 Å². The Morgan fingerprint density at radius 1 is 1.50 bits per heavy atom. The summed E-state index contributed by atoms with van der Waals surface area (Å²) in [4.78, 5) is 12.0. The first-order valence-electron chi connectivity index (χ1n) is 6.84. The minimum atomic E-state index is -0.542. The third-order valence-electron chi connectivity index (χ3n) is 3.49. The van der Waals surface area contributed by atoms with Crippen molar-refractivity contribution in [3.05, 3.63) is 23.3 Å². The molecular formula is C15H20O5.